The molecule has 0 bridgehead atoms. The number of amides is 2. The maximum absolute atomic E-state index is 12.6. The van der Waals surface area contributed by atoms with Crippen LogP contribution in [0.25, 0.3) is 0 Å². The molecule has 1 N–H and O–H groups in total. The van der Waals surface area contributed by atoms with Gasteiger partial charge in [0.25, 0.3) is 0 Å². The third kappa shape index (κ3) is 3.41. The van der Waals surface area contributed by atoms with Gasteiger partial charge in [0.05, 0.1) is 31.2 Å². The van der Waals surface area contributed by atoms with Crippen molar-refractivity contribution in [3.05, 3.63) is 48.7 Å². The van der Waals surface area contributed by atoms with E-state index in [9.17, 15) is 9.59 Å². The molecule has 8 heteroatoms. The van der Waals surface area contributed by atoms with E-state index in [1.165, 1.54) is 12.4 Å². The van der Waals surface area contributed by atoms with Gasteiger partial charge in [-0.15, -0.1) is 0 Å². The number of rotatable bonds is 4. The summed E-state index contributed by atoms with van der Waals surface area (Å²) in [6, 6.07) is 5.52. The smallest absolute Gasteiger partial charge is 0.231 e. The van der Waals surface area contributed by atoms with E-state index in [0.717, 1.165) is 5.69 Å². The van der Waals surface area contributed by atoms with Crippen molar-refractivity contribution in [1.82, 2.24) is 19.9 Å². The number of ether oxygens (including phenoxy) is 1. The summed E-state index contributed by atoms with van der Waals surface area (Å²) in [5.74, 6) is -0.0112. The monoisotopic (exact) mass is 353 g/mol. The molecule has 0 aliphatic carbocycles. The molecule has 0 aromatic carbocycles. The average molecular weight is 353 g/mol. The second-order valence-electron chi connectivity index (χ2n) is 6.52. The number of carbonyl (C=O) groups is 2. The summed E-state index contributed by atoms with van der Waals surface area (Å²) in [5, 5.41) is 2.77. The minimum Gasteiger partial charge on any atom is -0.375 e. The lowest BCUT2D eigenvalue weighted by Crippen LogP contribution is -2.35. The number of fused-ring (bicyclic) bond motifs is 1. The molecule has 0 unspecified atom stereocenters. The Labute approximate surface area is 150 Å². The Morgan fingerprint density at radius 3 is 2.88 bits per heavy atom. The van der Waals surface area contributed by atoms with Crippen molar-refractivity contribution in [2.75, 3.05) is 25.0 Å². The number of carbonyl (C=O) groups excluding carboxylic acids is 2. The van der Waals surface area contributed by atoms with Gasteiger partial charge in [-0.25, -0.2) is 4.98 Å². The number of hydrogen-bond acceptors (Lipinski definition) is 6. The molecule has 0 saturated carbocycles. The summed E-state index contributed by atoms with van der Waals surface area (Å²) in [6.07, 6.45) is 6.42. The van der Waals surface area contributed by atoms with Crippen LogP contribution in [-0.2, 0) is 20.7 Å². The van der Waals surface area contributed by atoms with Crippen LogP contribution in [0.5, 0.6) is 0 Å². The standard InChI is InChI=1S/C18H19N5O3/c24-17(7-12-3-1-2-4-20-12)23-9-13-14(11-26-15(13)10-23)18(25)22-16-8-19-5-6-21-16/h1-6,8,13-15H,7,9-11H2,(H,21,22,25)/t13-,14+,15-/m0/s1. The molecule has 8 nitrogen and oxygen atoms in total. The number of anilines is 1. The predicted octanol–water partition coefficient (Wildman–Crippen LogP) is 0.526. The normalized spacial score (nSPS) is 24.3. The van der Waals surface area contributed by atoms with Crippen molar-refractivity contribution in [2.24, 2.45) is 11.8 Å². The van der Waals surface area contributed by atoms with Crippen LogP contribution in [0.1, 0.15) is 5.69 Å². The highest BCUT2D eigenvalue weighted by molar-refractivity contribution is 5.92. The van der Waals surface area contributed by atoms with Crippen LogP contribution in [0.3, 0.4) is 0 Å². The molecule has 2 saturated heterocycles. The van der Waals surface area contributed by atoms with Crippen molar-refractivity contribution >= 4 is 17.6 Å². The lowest BCUT2D eigenvalue weighted by Gasteiger charge is -2.19. The lowest BCUT2D eigenvalue weighted by atomic mass is 9.92. The van der Waals surface area contributed by atoms with Crippen molar-refractivity contribution < 1.29 is 14.3 Å². The number of nitrogens with one attached hydrogen (secondary N) is 1. The Hall–Kier alpha value is -2.87. The lowest BCUT2D eigenvalue weighted by molar-refractivity contribution is -0.131. The summed E-state index contributed by atoms with van der Waals surface area (Å²) in [4.78, 5) is 39.0. The van der Waals surface area contributed by atoms with Crippen LogP contribution in [0, 0.1) is 11.8 Å². The van der Waals surface area contributed by atoms with Gasteiger partial charge in [-0.1, -0.05) is 6.07 Å². The molecule has 2 aromatic heterocycles. The summed E-state index contributed by atoms with van der Waals surface area (Å²) in [7, 11) is 0. The van der Waals surface area contributed by atoms with E-state index in [-0.39, 0.29) is 36.2 Å². The van der Waals surface area contributed by atoms with Crippen molar-refractivity contribution in [3.63, 3.8) is 0 Å². The fourth-order valence-electron chi connectivity index (χ4n) is 3.54. The summed E-state index contributed by atoms with van der Waals surface area (Å²) < 4.78 is 5.77. The fourth-order valence-corrected chi connectivity index (χ4v) is 3.54. The number of nitrogens with zero attached hydrogens (tertiary/aromatic N) is 4. The molecule has 4 rings (SSSR count). The average Bonchev–Trinajstić information content (AvgIpc) is 3.24. The Balaban J connectivity index is 1.37. The fraction of sp³-hybridized carbons (Fsp3) is 0.389. The Morgan fingerprint density at radius 2 is 2.12 bits per heavy atom. The second kappa shape index (κ2) is 7.17. The topological polar surface area (TPSA) is 97.3 Å². The maximum Gasteiger partial charge on any atom is 0.231 e. The van der Waals surface area contributed by atoms with E-state index in [2.05, 4.69) is 20.3 Å². The summed E-state index contributed by atoms with van der Waals surface area (Å²) >= 11 is 0. The molecular formula is C18H19N5O3. The van der Waals surface area contributed by atoms with Crippen LogP contribution in [0.2, 0.25) is 0 Å². The van der Waals surface area contributed by atoms with Gasteiger partial charge in [-0.3, -0.25) is 19.6 Å². The number of pyridine rings is 1. The highest BCUT2D eigenvalue weighted by Crippen LogP contribution is 2.34. The molecule has 0 radical (unpaired) electrons. The van der Waals surface area contributed by atoms with E-state index in [1.807, 2.05) is 18.2 Å². The van der Waals surface area contributed by atoms with E-state index < -0.39 is 0 Å². The molecule has 4 heterocycles. The zero-order chi connectivity index (χ0) is 17.9. The first-order chi connectivity index (χ1) is 12.7. The number of aromatic nitrogens is 3. The van der Waals surface area contributed by atoms with Gasteiger partial charge in [-0.05, 0) is 12.1 Å². The molecular weight excluding hydrogens is 334 g/mol. The molecule has 134 valence electrons. The SMILES string of the molecule is O=C(Nc1cnccn1)[C@@H]1CO[C@H]2CN(C(=O)Cc3ccccn3)C[C@H]21. The Kier molecular flexibility index (Phi) is 4.57. The van der Waals surface area contributed by atoms with Gasteiger partial charge in [-0.2, -0.15) is 0 Å². The highest BCUT2D eigenvalue weighted by Gasteiger charge is 2.48. The van der Waals surface area contributed by atoms with Crippen molar-refractivity contribution in [3.8, 4) is 0 Å². The Morgan fingerprint density at radius 1 is 1.19 bits per heavy atom. The van der Waals surface area contributed by atoms with E-state index in [0.29, 0.717) is 25.5 Å². The summed E-state index contributed by atoms with van der Waals surface area (Å²) in [5.41, 5.74) is 0.743. The van der Waals surface area contributed by atoms with Gasteiger partial charge in [0, 0.05) is 43.3 Å². The Bertz CT molecular complexity index is 786. The largest absolute Gasteiger partial charge is 0.375 e. The zero-order valence-corrected chi connectivity index (χ0v) is 14.1. The maximum atomic E-state index is 12.6. The van der Waals surface area contributed by atoms with Gasteiger partial charge in [0.2, 0.25) is 11.8 Å². The van der Waals surface area contributed by atoms with Gasteiger partial charge < -0.3 is 15.0 Å². The molecule has 3 atom stereocenters. The first kappa shape index (κ1) is 16.6. The quantitative estimate of drug-likeness (QED) is 0.861. The summed E-state index contributed by atoms with van der Waals surface area (Å²) in [6.45, 7) is 1.41. The molecule has 2 aliphatic rings. The highest BCUT2D eigenvalue weighted by atomic mass is 16.5. The molecule has 26 heavy (non-hydrogen) atoms. The minimum absolute atomic E-state index is 0.000598. The zero-order valence-electron chi connectivity index (χ0n) is 14.1. The van der Waals surface area contributed by atoms with Crippen molar-refractivity contribution in [2.45, 2.75) is 12.5 Å². The molecule has 0 spiro atoms. The van der Waals surface area contributed by atoms with Crippen molar-refractivity contribution in [1.29, 1.82) is 0 Å². The third-order valence-electron chi connectivity index (χ3n) is 4.88. The first-order valence-electron chi connectivity index (χ1n) is 8.57. The van der Waals surface area contributed by atoms with Crippen LogP contribution < -0.4 is 5.32 Å². The van der Waals surface area contributed by atoms with Crippen LogP contribution in [-0.4, -0.2) is 57.5 Å². The van der Waals surface area contributed by atoms with E-state index >= 15 is 0 Å². The van der Waals surface area contributed by atoms with E-state index in [4.69, 9.17) is 4.74 Å². The molecule has 2 aliphatic heterocycles. The second-order valence-corrected chi connectivity index (χ2v) is 6.52. The minimum atomic E-state index is -0.297. The molecule has 2 aromatic rings. The van der Waals surface area contributed by atoms with Crippen LogP contribution >= 0.6 is 0 Å². The third-order valence-corrected chi connectivity index (χ3v) is 4.88. The van der Waals surface area contributed by atoms with Gasteiger partial charge in [0.15, 0.2) is 5.82 Å². The predicted molar refractivity (Wildman–Crippen MR) is 91.9 cm³/mol. The molecule has 2 amide bonds. The van der Waals surface area contributed by atoms with Gasteiger partial charge in [0.1, 0.15) is 0 Å². The van der Waals surface area contributed by atoms with Gasteiger partial charge >= 0.3 is 0 Å². The number of likely N-dealkylation sites (tertiary alicyclic amines) is 1. The van der Waals surface area contributed by atoms with Crippen LogP contribution in [0.4, 0.5) is 5.82 Å². The van der Waals surface area contributed by atoms with E-state index in [1.54, 1.807) is 17.3 Å². The van der Waals surface area contributed by atoms with Crippen LogP contribution in [0.15, 0.2) is 43.0 Å². The first-order valence-corrected chi connectivity index (χ1v) is 8.57. The number of hydrogen-bond donors (Lipinski definition) is 1. The molecule has 2 fully saturated rings.